The van der Waals surface area contributed by atoms with Crippen molar-refractivity contribution in [3.63, 3.8) is 0 Å². The highest BCUT2D eigenvalue weighted by Crippen LogP contribution is 2.21. The van der Waals surface area contributed by atoms with E-state index in [4.69, 9.17) is 12.7 Å². The first-order chi connectivity index (χ1) is 13.6. The molecule has 2 radical (unpaired) electrons. The highest BCUT2D eigenvalue weighted by atomic mass is 32.2. The van der Waals surface area contributed by atoms with Crippen LogP contribution >= 0.6 is 0 Å². The van der Waals surface area contributed by atoms with Gasteiger partial charge in [0.1, 0.15) is 0 Å². The van der Waals surface area contributed by atoms with Gasteiger partial charge >= 0.3 is 6.01 Å². The van der Waals surface area contributed by atoms with E-state index >= 15 is 0 Å². The zero-order valence-electron chi connectivity index (χ0n) is 17.9. The lowest BCUT2D eigenvalue weighted by Crippen LogP contribution is -2.39. The van der Waals surface area contributed by atoms with Gasteiger partial charge in [0, 0.05) is 24.2 Å². The highest BCUT2D eigenvalue weighted by Gasteiger charge is 2.18. The molecule has 1 heterocycles. The van der Waals surface area contributed by atoms with E-state index in [1.807, 2.05) is 4.81 Å². The molecule has 0 aliphatic carbocycles. The number of rotatable bonds is 10. The number of nitrogens with zero attached hydrogens (tertiary/aromatic N) is 3. The van der Waals surface area contributed by atoms with E-state index in [2.05, 4.69) is 37.7 Å². The molecule has 2 rings (SSSR count). The van der Waals surface area contributed by atoms with Gasteiger partial charge in [0.2, 0.25) is 0 Å². The SMILES string of the molecule is [B]N(C(C)C)C(CC)CC(C)COc1ncc(-c2ccc(S(C)(=O)=O)cc2)cn1. The number of hydrogen-bond donors (Lipinski definition) is 0. The van der Waals surface area contributed by atoms with E-state index in [0.29, 0.717) is 30.6 Å². The summed E-state index contributed by atoms with van der Waals surface area (Å²) in [6.07, 6.45) is 6.47. The lowest BCUT2D eigenvalue weighted by Gasteiger charge is -2.33. The van der Waals surface area contributed by atoms with Gasteiger partial charge in [0.05, 0.1) is 11.5 Å². The normalized spacial score (nSPS) is 14.2. The van der Waals surface area contributed by atoms with Crippen LogP contribution in [0.3, 0.4) is 0 Å². The molecule has 0 aliphatic heterocycles. The third-order valence-electron chi connectivity index (χ3n) is 4.90. The van der Waals surface area contributed by atoms with Crippen molar-refractivity contribution >= 4 is 17.8 Å². The van der Waals surface area contributed by atoms with Crippen LogP contribution in [-0.2, 0) is 9.84 Å². The van der Waals surface area contributed by atoms with Crippen LogP contribution in [0.2, 0.25) is 0 Å². The van der Waals surface area contributed by atoms with Crippen LogP contribution in [0.5, 0.6) is 6.01 Å². The molecule has 0 saturated carbocycles. The maximum atomic E-state index is 11.6. The quantitative estimate of drug-likeness (QED) is 0.553. The van der Waals surface area contributed by atoms with Crippen molar-refractivity contribution < 1.29 is 13.2 Å². The van der Waals surface area contributed by atoms with E-state index in [9.17, 15) is 8.42 Å². The Kier molecular flexibility index (Phi) is 8.22. The molecular weight excluding hydrogens is 385 g/mol. The Hall–Kier alpha value is -1.93. The summed E-state index contributed by atoms with van der Waals surface area (Å²) in [7, 11) is 2.96. The van der Waals surface area contributed by atoms with Gasteiger partial charge in [0.15, 0.2) is 17.8 Å². The van der Waals surface area contributed by atoms with Gasteiger partial charge in [-0.3, -0.25) is 0 Å². The predicted molar refractivity (Wildman–Crippen MR) is 117 cm³/mol. The van der Waals surface area contributed by atoms with Crippen molar-refractivity contribution in [1.29, 1.82) is 0 Å². The zero-order chi connectivity index (χ0) is 21.6. The van der Waals surface area contributed by atoms with Crippen LogP contribution in [-0.4, -0.2) is 56.1 Å². The highest BCUT2D eigenvalue weighted by molar-refractivity contribution is 7.90. The second kappa shape index (κ2) is 10.2. The predicted octanol–water partition coefficient (Wildman–Crippen LogP) is 3.52. The van der Waals surface area contributed by atoms with Crippen LogP contribution in [0.4, 0.5) is 0 Å². The largest absolute Gasteiger partial charge is 0.463 e. The van der Waals surface area contributed by atoms with E-state index in [1.54, 1.807) is 36.7 Å². The van der Waals surface area contributed by atoms with Gasteiger partial charge in [0.25, 0.3) is 0 Å². The lowest BCUT2D eigenvalue weighted by molar-refractivity contribution is 0.187. The average Bonchev–Trinajstić information content (AvgIpc) is 2.69. The summed E-state index contributed by atoms with van der Waals surface area (Å²) >= 11 is 0. The minimum Gasteiger partial charge on any atom is -0.463 e. The molecule has 0 aliphatic rings. The molecule has 0 fully saturated rings. The molecule has 2 aromatic rings. The third-order valence-corrected chi connectivity index (χ3v) is 6.03. The fourth-order valence-electron chi connectivity index (χ4n) is 3.10. The topological polar surface area (TPSA) is 72.4 Å². The van der Waals surface area contributed by atoms with Crippen LogP contribution in [0.1, 0.15) is 40.5 Å². The van der Waals surface area contributed by atoms with E-state index in [1.165, 1.54) is 6.26 Å². The molecule has 0 N–H and O–H groups in total. The Bertz CT molecular complexity index is 871. The smallest absolute Gasteiger partial charge is 0.316 e. The standard InChI is InChI=1S/C21H30BN3O3S/c1-6-19(25(22)15(2)3)11-16(4)14-28-21-23-12-18(13-24-21)17-7-9-20(10-8-17)29(5,26)27/h7-10,12-13,15-16,19H,6,11,14H2,1-5H3. The maximum Gasteiger partial charge on any atom is 0.316 e. The Labute approximate surface area is 176 Å². The third kappa shape index (κ3) is 6.82. The molecule has 0 amide bonds. The summed E-state index contributed by atoms with van der Waals surface area (Å²) < 4.78 is 28.9. The Balaban J connectivity index is 1.93. The summed E-state index contributed by atoms with van der Waals surface area (Å²) in [5, 5.41) is 0. The van der Waals surface area contributed by atoms with Crippen LogP contribution in [0.25, 0.3) is 11.1 Å². The molecule has 0 saturated heterocycles. The second-order valence-electron chi connectivity index (χ2n) is 7.81. The summed E-state index contributed by atoms with van der Waals surface area (Å²) in [6, 6.07) is 7.60. The van der Waals surface area contributed by atoms with Crippen LogP contribution in [0.15, 0.2) is 41.6 Å². The lowest BCUT2D eigenvalue weighted by atomic mass is 9.95. The first kappa shape index (κ1) is 23.4. The number of ether oxygens (including phenoxy) is 1. The van der Waals surface area contributed by atoms with Crippen molar-refractivity contribution in [2.24, 2.45) is 5.92 Å². The number of hydrogen-bond acceptors (Lipinski definition) is 6. The minimum absolute atomic E-state index is 0.287. The fraction of sp³-hybridized carbons (Fsp3) is 0.524. The van der Waals surface area contributed by atoms with Gasteiger partial charge in [-0.15, -0.1) is 0 Å². The summed E-state index contributed by atoms with van der Waals surface area (Å²) in [5.74, 6) is 0.316. The van der Waals surface area contributed by atoms with Crippen molar-refractivity contribution in [2.75, 3.05) is 12.9 Å². The summed E-state index contributed by atoms with van der Waals surface area (Å²) in [6.45, 7) is 8.98. The molecule has 8 heteroatoms. The van der Waals surface area contributed by atoms with Crippen LogP contribution < -0.4 is 4.74 Å². The van der Waals surface area contributed by atoms with Gasteiger partial charge in [-0.25, -0.2) is 18.4 Å². The van der Waals surface area contributed by atoms with Crippen molar-refractivity contribution in [3.8, 4) is 17.1 Å². The van der Waals surface area contributed by atoms with Gasteiger partial charge in [-0.1, -0.05) is 39.8 Å². The molecule has 2 unspecified atom stereocenters. The molecule has 156 valence electrons. The van der Waals surface area contributed by atoms with E-state index < -0.39 is 9.84 Å². The average molecular weight is 415 g/mol. The molecule has 0 bridgehead atoms. The van der Waals surface area contributed by atoms with Gasteiger partial charge < -0.3 is 9.55 Å². The number of benzene rings is 1. The molecule has 0 spiro atoms. The second-order valence-corrected chi connectivity index (χ2v) is 9.82. The van der Waals surface area contributed by atoms with Crippen molar-refractivity contribution in [2.45, 2.75) is 57.5 Å². The number of sulfone groups is 1. The minimum atomic E-state index is -3.21. The molecular formula is C21H30BN3O3S. The Morgan fingerprint density at radius 2 is 1.66 bits per heavy atom. The Morgan fingerprint density at radius 3 is 2.14 bits per heavy atom. The summed E-state index contributed by atoms with van der Waals surface area (Å²) in [4.78, 5) is 10.7. The van der Waals surface area contributed by atoms with E-state index in [0.717, 1.165) is 24.0 Å². The van der Waals surface area contributed by atoms with E-state index in [-0.39, 0.29) is 4.90 Å². The van der Waals surface area contributed by atoms with Crippen LogP contribution in [0, 0.1) is 5.92 Å². The monoisotopic (exact) mass is 415 g/mol. The number of aromatic nitrogens is 2. The fourth-order valence-corrected chi connectivity index (χ4v) is 3.73. The zero-order valence-corrected chi connectivity index (χ0v) is 18.7. The molecule has 2 atom stereocenters. The van der Waals surface area contributed by atoms with Gasteiger partial charge in [-0.05, 0) is 48.5 Å². The molecule has 29 heavy (non-hydrogen) atoms. The van der Waals surface area contributed by atoms with Gasteiger partial charge in [-0.2, -0.15) is 0 Å². The molecule has 1 aromatic carbocycles. The first-order valence-corrected chi connectivity index (χ1v) is 11.8. The van der Waals surface area contributed by atoms with Crippen molar-refractivity contribution in [1.82, 2.24) is 14.8 Å². The molecule has 1 aromatic heterocycles. The molecule has 6 nitrogen and oxygen atoms in total. The van der Waals surface area contributed by atoms with Crippen molar-refractivity contribution in [3.05, 3.63) is 36.7 Å². The Morgan fingerprint density at radius 1 is 1.07 bits per heavy atom. The first-order valence-electron chi connectivity index (χ1n) is 9.90. The maximum absolute atomic E-state index is 11.6. The summed E-state index contributed by atoms with van der Waals surface area (Å²) in [5.41, 5.74) is 1.65.